The van der Waals surface area contributed by atoms with Crippen LogP contribution in [0.15, 0.2) is 0 Å². The summed E-state index contributed by atoms with van der Waals surface area (Å²) in [6, 6.07) is 0. The zero-order valence-electron chi connectivity index (χ0n) is 12.8. The summed E-state index contributed by atoms with van der Waals surface area (Å²) in [5.41, 5.74) is -1.43. The van der Waals surface area contributed by atoms with Crippen molar-refractivity contribution in [3.8, 4) is 0 Å². The van der Waals surface area contributed by atoms with E-state index < -0.39 is 33.8 Å². The molecule has 1 aliphatic carbocycles. The number of carbonyl (C=O) groups excluding carboxylic acids is 1. The molecule has 0 unspecified atom stereocenters. The Kier molecular flexibility index (Phi) is 6.61. The first-order valence-corrected chi connectivity index (χ1v) is 9.07. The normalized spacial score (nSPS) is 25.5. The first-order chi connectivity index (χ1) is 10.2. The average Bonchev–Trinajstić information content (AvgIpc) is 2.39. The molecule has 1 amide bonds. The van der Waals surface area contributed by atoms with Crippen molar-refractivity contribution in [2.24, 2.45) is 0 Å². The number of carboxylic acid groups (broad SMARTS) is 1. The second kappa shape index (κ2) is 7.77. The van der Waals surface area contributed by atoms with Crippen molar-refractivity contribution in [2.45, 2.75) is 57.1 Å². The van der Waals surface area contributed by atoms with Crippen LogP contribution in [-0.4, -0.2) is 50.1 Å². The molecule has 0 aliphatic heterocycles. The fourth-order valence-corrected chi connectivity index (χ4v) is 3.05. The zero-order chi connectivity index (χ0) is 16.8. The highest BCUT2D eigenvalue weighted by Gasteiger charge is 2.44. The summed E-state index contributed by atoms with van der Waals surface area (Å²) in [6.45, 7) is 2.18. The van der Waals surface area contributed by atoms with Gasteiger partial charge in [-0.05, 0) is 32.1 Å². The highest BCUT2D eigenvalue weighted by Crippen LogP contribution is 2.31. The third-order valence-electron chi connectivity index (χ3n) is 3.58. The van der Waals surface area contributed by atoms with Crippen molar-refractivity contribution >= 4 is 22.2 Å². The SMILES string of the molecule is CCCCOC(=O)NC1(C(=O)O)CCC(OS(C)(=O)=O)CC1. The number of rotatable bonds is 7. The van der Waals surface area contributed by atoms with Crippen molar-refractivity contribution in [3.05, 3.63) is 0 Å². The Hall–Kier alpha value is -1.35. The lowest BCUT2D eigenvalue weighted by atomic mass is 9.80. The molecule has 0 aromatic carbocycles. The predicted octanol–water partition coefficient (Wildman–Crippen LogP) is 1.25. The van der Waals surface area contributed by atoms with E-state index in [0.717, 1.165) is 12.7 Å². The van der Waals surface area contributed by atoms with Gasteiger partial charge in [-0.1, -0.05) is 13.3 Å². The molecule has 1 rings (SSSR count). The van der Waals surface area contributed by atoms with Crippen LogP contribution in [-0.2, 0) is 23.8 Å². The first-order valence-electron chi connectivity index (χ1n) is 7.25. The number of hydrogen-bond acceptors (Lipinski definition) is 6. The topological polar surface area (TPSA) is 119 Å². The van der Waals surface area contributed by atoms with Crippen LogP contribution in [0, 0.1) is 0 Å². The summed E-state index contributed by atoms with van der Waals surface area (Å²) in [7, 11) is -3.58. The average molecular weight is 337 g/mol. The van der Waals surface area contributed by atoms with E-state index in [4.69, 9.17) is 8.92 Å². The van der Waals surface area contributed by atoms with E-state index in [-0.39, 0.29) is 32.3 Å². The second-order valence-corrected chi connectivity index (χ2v) is 7.10. The lowest BCUT2D eigenvalue weighted by molar-refractivity contribution is -0.146. The zero-order valence-corrected chi connectivity index (χ0v) is 13.6. The molecule has 0 saturated heterocycles. The number of ether oxygens (including phenoxy) is 1. The van der Waals surface area contributed by atoms with Crippen molar-refractivity contribution in [2.75, 3.05) is 12.9 Å². The Bertz CT molecular complexity index is 495. The van der Waals surface area contributed by atoms with Crippen LogP contribution in [0.4, 0.5) is 4.79 Å². The number of hydrogen-bond donors (Lipinski definition) is 2. The van der Waals surface area contributed by atoms with E-state index >= 15 is 0 Å². The van der Waals surface area contributed by atoms with Crippen LogP contribution in [0.3, 0.4) is 0 Å². The quantitative estimate of drug-likeness (QED) is 0.530. The first kappa shape index (κ1) is 18.7. The van der Waals surface area contributed by atoms with E-state index in [2.05, 4.69) is 5.32 Å². The summed E-state index contributed by atoms with van der Waals surface area (Å²) in [4.78, 5) is 23.2. The summed E-state index contributed by atoms with van der Waals surface area (Å²) < 4.78 is 32.0. The Morgan fingerprint density at radius 3 is 2.36 bits per heavy atom. The highest BCUT2D eigenvalue weighted by atomic mass is 32.2. The number of aliphatic carboxylic acids is 1. The van der Waals surface area contributed by atoms with Crippen LogP contribution in [0.2, 0.25) is 0 Å². The Morgan fingerprint density at radius 2 is 1.91 bits per heavy atom. The monoisotopic (exact) mass is 337 g/mol. The Labute approximate surface area is 130 Å². The molecule has 0 aromatic heterocycles. The van der Waals surface area contributed by atoms with Gasteiger partial charge in [0.2, 0.25) is 0 Å². The number of amides is 1. The molecule has 1 saturated carbocycles. The van der Waals surface area contributed by atoms with Gasteiger partial charge in [0.1, 0.15) is 5.54 Å². The van der Waals surface area contributed by atoms with Crippen LogP contribution in [0.25, 0.3) is 0 Å². The minimum absolute atomic E-state index is 0.0887. The molecular weight excluding hydrogens is 314 g/mol. The fraction of sp³-hybridized carbons (Fsp3) is 0.846. The molecule has 1 fully saturated rings. The number of nitrogens with one attached hydrogen (secondary N) is 1. The van der Waals surface area contributed by atoms with Crippen molar-refractivity contribution in [1.82, 2.24) is 5.32 Å². The van der Waals surface area contributed by atoms with E-state index in [0.29, 0.717) is 6.42 Å². The van der Waals surface area contributed by atoms with E-state index in [1.807, 2.05) is 6.92 Å². The molecular formula is C13H23NO7S. The standard InChI is InChI=1S/C13H23NO7S/c1-3-4-9-20-12(17)14-13(11(15)16)7-5-10(6-8-13)21-22(2,18)19/h10H,3-9H2,1-2H3,(H,14,17)(H,15,16). The minimum atomic E-state index is -3.58. The lowest BCUT2D eigenvalue weighted by Gasteiger charge is -2.36. The summed E-state index contributed by atoms with van der Waals surface area (Å²) in [6.07, 6.45) is 1.84. The van der Waals surface area contributed by atoms with Crippen LogP contribution >= 0.6 is 0 Å². The maximum Gasteiger partial charge on any atom is 0.408 e. The van der Waals surface area contributed by atoms with Gasteiger partial charge in [0, 0.05) is 0 Å². The van der Waals surface area contributed by atoms with Crippen molar-refractivity contribution < 1.29 is 32.0 Å². The molecule has 0 bridgehead atoms. The molecule has 0 spiro atoms. The van der Waals surface area contributed by atoms with Gasteiger partial charge in [0.05, 0.1) is 19.0 Å². The number of alkyl carbamates (subject to hydrolysis) is 1. The van der Waals surface area contributed by atoms with Gasteiger partial charge in [-0.2, -0.15) is 8.42 Å². The minimum Gasteiger partial charge on any atom is -0.480 e. The maximum atomic E-state index is 11.7. The third-order valence-corrected chi connectivity index (χ3v) is 4.20. The van der Waals surface area contributed by atoms with E-state index in [1.54, 1.807) is 0 Å². The summed E-state index contributed by atoms with van der Waals surface area (Å²) in [5.74, 6) is -1.15. The molecule has 0 atom stereocenters. The number of carbonyl (C=O) groups is 2. The molecule has 0 radical (unpaired) electrons. The molecule has 0 aromatic rings. The van der Waals surface area contributed by atoms with Crippen molar-refractivity contribution in [3.63, 3.8) is 0 Å². The molecule has 0 heterocycles. The smallest absolute Gasteiger partial charge is 0.408 e. The Morgan fingerprint density at radius 1 is 1.32 bits per heavy atom. The Balaban J connectivity index is 2.60. The van der Waals surface area contributed by atoms with Gasteiger partial charge < -0.3 is 15.2 Å². The molecule has 8 nitrogen and oxygen atoms in total. The fourth-order valence-electron chi connectivity index (χ4n) is 2.36. The van der Waals surface area contributed by atoms with Gasteiger partial charge in [-0.25, -0.2) is 9.59 Å². The third kappa shape index (κ3) is 5.80. The molecule has 2 N–H and O–H groups in total. The summed E-state index contributed by atoms with van der Waals surface area (Å²) >= 11 is 0. The van der Waals surface area contributed by atoms with Crippen LogP contribution < -0.4 is 5.32 Å². The molecule has 128 valence electrons. The predicted molar refractivity (Wildman–Crippen MR) is 77.9 cm³/mol. The van der Waals surface area contributed by atoms with Gasteiger partial charge in [-0.15, -0.1) is 0 Å². The largest absolute Gasteiger partial charge is 0.480 e. The van der Waals surface area contributed by atoms with Gasteiger partial charge in [-0.3, -0.25) is 4.18 Å². The maximum absolute atomic E-state index is 11.7. The lowest BCUT2D eigenvalue weighted by Crippen LogP contribution is -2.57. The molecule has 22 heavy (non-hydrogen) atoms. The highest BCUT2D eigenvalue weighted by molar-refractivity contribution is 7.86. The molecule has 9 heteroatoms. The van der Waals surface area contributed by atoms with Crippen LogP contribution in [0.1, 0.15) is 45.4 Å². The van der Waals surface area contributed by atoms with Gasteiger partial charge in [0.15, 0.2) is 0 Å². The van der Waals surface area contributed by atoms with E-state index in [1.165, 1.54) is 0 Å². The summed E-state index contributed by atoms with van der Waals surface area (Å²) in [5, 5.41) is 11.8. The number of carboxylic acids is 1. The van der Waals surface area contributed by atoms with E-state index in [9.17, 15) is 23.1 Å². The van der Waals surface area contributed by atoms with Crippen molar-refractivity contribution in [1.29, 1.82) is 0 Å². The van der Waals surface area contributed by atoms with Crippen LogP contribution in [0.5, 0.6) is 0 Å². The molecule has 1 aliphatic rings. The second-order valence-electron chi connectivity index (χ2n) is 5.50. The van der Waals surface area contributed by atoms with Gasteiger partial charge >= 0.3 is 12.1 Å². The van der Waals surface area contributed by atoms with Gasteiger partial charge in [0.25, 0.3) is 10.1 Å². The number of unbranched alkanes of at least 4 members (excludes halogenated alkanes) is 1.